The fourth-order valence-corrected chi connectivity index (χ4v) is 4.10. The molecule has 0 aliphatic carbocycles. The number of rotatable bonds is 4. The highest BCUT2D eigenvalue weighted by Crippen LogP contribution is 2.49. The van der Waals surface area contributed by atoms with E-state index in [2.05, 4.69) is 6.07 Å². The van der Waals surface area contributed by atoms with Crippen molar-refractivity contribution in [3.63, 3.8) is 0 Å². The Hall–Kier alpha value is -2.02. The molecule has 2 aliphatic heterocycles. The van der Waals surface area contributed by atoms with Crippen LogP contribution >= 0.6 is 11.6 Å². The Balaban J connectivity index is 1.70. The van der Waals surface area contributed by atoms with Gasteiger partial charge in [0.05, 0.1) is 24.8 Å². The lowest BCUT2D eigenvalue weighted by Crippen LogP contribution is -2.65. The maximum atomic E-state index is 10.7. The van der Waals surface area contributed by atoms with Crippen LogP contribution in [0.5, 0.6) is 0 Å². The Morgan fingerprint density at radius 3 is 2.48 bits per heavy atom. The standard InChI is InChI=1S/C21H20ClNO6/c22-16-6-5-15(8-14(16)7-12-1-3-13(9-23)4-2-12)21-19(27)17(25)18(26)20(10-24,29-21)11-28-21/h1-6,8,17-19,24-27H,7,10-11H2/t17-,18?,19+,20?,21-/m0/s1. The molecule has 0 saturated carbocycles. The van der Waals surface area contributed by atoms with Crippen LogP contribution in [0.1, 0.15) is 22.3 Å². The largest absolute Gasteiger partial charge is 0.393 e. The van der Waals surface area contributed by atoms with Gasteiger partial charge in [-0.25, -0.2) is 0 Å². The van der Waals surface area contributed by atoms with Gasteiger partial charge in [-0.2, -0.15) is 5.26 Å². The average Bonchev–Trinajstić information content (AvgIpc) is 3.13. The maximum absolute atomic E-state index is 10.7. The number of ether oxygens (including phenoxy) is 2. The SMILES string of the molecule is N#Cc1ccc(Cc2cc([C@]34OCC(CO)(O3)C(O)[C@H](O)[C@H]4O)ccc2Cl)cc1. The molecule has 5 atom stereocenters. The quantitative estimate of drug-likeness (QED) is 0.581. The van der Waals surface area contributed by atoms with Crippen LogP contribution < -0.4 is 0 Å². The molecule has 2 bridgehead atoms. The molecule has 4 rings (SSSR count). The van der Waals surface area contributed by atoms with Crippen LogP contribution in [0.15, 0.2) is 42.5 Å². The Morgan fingerprint density at radius 2 is 1.83 bits per heavy atom. The first-order chi connectivity index (χ1) is 13.8. The molecule has 8 heteroatoms. The van der Waals surface area contributed by atoms with Crippen LogP contribution in [0.3, 0.4) is 0 Å². The second kappa shape index (κ2) is 7.35. The fourth-order valence-electron chi connectivity index (χ4n) is 3.92. The van der Waals surface area contributed by atoms with Gasteiger partial charge >= 0.3 is 0 Å². The number of hydrogen-bond acceptors (Lipinski definition) is 7. The number of aliphatic hydroxyl groups is 4. The highest BCUT2D eigenvalue weighted by molar-refractivity contribution is 6.31. The number of aliphatic hydroxyl groups excluding tert-OH is 4. The third kappa shape index (κ3) is 3.14. The predicted octanol–water partition coefficient (Wildman–Crippen LogP) is 0.829. The summed E-state index contributed by atoms with van der Waals surface area (Å²) < 4.78 is 11.6. The van der Waals surface area contributed by atoms with E-state index in [9.17, 15) is 20.4 Å². The summed E-state index contributed by atoms with van der Waals surface area (Å²) in [6.07, 6.45) is -4.16. The summed E-state index contributed by atoms with van der Waals surface area (Å²) in [7, 11) is 0. The normalized spacial score (nSPS) is 33.4. The number of nitriles is 1. The van der Waals surface area contributed by atoms with Gasteiger partial charge in [0.2, 0.25) is 5.79 Å². The number of fused-ring (bicyclic) bond motifs is 2. The predicted molar refractivity (Wildman–Crippen MR) is 102 cm³/mol. The number of nitrogens with zero attached hydrogens (tertiary/aromatic N) is 1. The van der Waals surface area contributed by atoms with Crippen LogP contribution in [-0.4, -0.2) is 57.6 Å². The molecule has 2 fully saturated rings. The van der Waals surface area contributed by atoms with Crippen molar-refractivity contribution >= 4 is 11.6 Å². The van der Waals surface area contributed by atoms with Crippen LogP contribution in [0.2, 0.25) is 5.02 Å². The minimum atomic E-state index is -1.73. The Kier molecular flexibility index (Phi) is 5.13. The van der Waals surface area contributed by atoms with E-state index < -0.39 is 36.3 Å². The lowest BCUT2D eigenvalue weighted by molar-refractivity contribution is -0.329. The summed E-state index contributed by atoms with van der Waals surface area (Å²) in [4.78, 5) is 0. The van der Waals surface area contributed by atoms with E-state index in [0.29, 0.717) is 22.6 Å². The monoisotopic (exact) mass is 417 g/mol. The topological polar surface area (TPSA) is 123 Å². The van der Waals surface area contributed by atoms with Gasteiger partial charge in [0.1, 0.15) is 23.9 Å². The molecule has 2 unspecified atom stereocenters. The van der Waals surface area contributed by atoms with E-state index in [-0.39, 0.29) is 6.61 Å². The van der Waals surface area contributed by atoms with Crippen molar-refractivity contribution in [3.8, 4) is 6.07 Å². The zero-order chi connectivity index (χ0) is 20.8. The van der Waals surface area contributed by atoms with Crippen LogP contribution in [0.25, 0.3) is 0 Å². The molecule has 4 N–H and O–H groups in total. The summed E-state index contributed by atoms with van der Waals surface area (Å²) >= 11 is 6.36. The maximum Gasteiger partial charge on any atom is 0.225 e. The van der Waals surface area contributed by atoms with Crippen molar-refractivity contribution in [2.75, 3.05) is 13.2 Å². The first-order valence-electron chi connectivity index (χ1n) is 9.12. The van der Waals surface area contributed by atoms with Gasteiger partial charge in [-0.1, -0.05) is 29.8 Å². The van der Waals surface area contributed by atoms with Crippen molar-refractivity contribution in [2.24, 2.45) is 0 Å². The zero-order valence-corrected chi connectivity index (χ0v) is 16.1. The summed E-state index contributed by atoms with van der Waals surface area (Å²) in [5.41, 5.74) is 1.10. The Labute approximate surface area is 172 Å². The van der Waals surface area contributed by atoms with E-state index in [1.165, 1.54) is 0 Å². The molecular weight excluding hydrogens is 398 g/mol. The molecule has 2 aliphatic rings. The van der Waals surface area contributed by atoms with E-state index in [4.69, 9.17) is 26.3 Å². The second-order valence-corrected chi connectivity index (χ2v) is 7.86. The summed E-state index contributed by atoms with van der Waals surface area (Å²) in [6, 6.07) is 14.1. The molecule has 0 spiro atoms. The van der Waals surface area contributed by atoms with Crippen molar-refractivity contribution in [2.45, 2.75) is 36.1 Å². The molecule has 152 valence electrons. The summed E-state index contributed by atoms with van der Waals surface area (Å²) in [5, 5.41) is 50.4. The fraction of sp³-hybridized carbons (Fsp3) is 0.381. The van der Waals surface area contributed by atoms with E-state index in [1.807, 2.05) is 12.1 Å². The molecule has 0 radical (unpaired) electrons. The lowest BCUT2D eigenvalue weighted by Gasteiger charge is -2.46. The first-order valence-corrected chi connectivity index (χ1v) is 9.50. The van der Waals surface area contributed by atoms with Crippen LogP contribution in [-0.2, 0) is 21.7 Å². The minimum absolute atomic E-state index is 0.188. The summed E-state index contributed by atoms with van der Waals surface area (Å²) in [6.45, 7) is -0.766. The van der Waals surface area contributed by atoms with Crippen LogP contribution in [0.4, 0.5) is 0 Å². The Morgan fingerprint density at radius 1 is 1.10 bits per heavy atom. The average molecular weight is 418 g/mol. The molecule has 2 saturated heterocycles. The van der Waals surface area contributed by atoms with E-state index in [0.717, 1.165) is 11.1 Å². The third-order valence-electron chi connectivity index (χ3n) is 5.65. The van der Waals surface area contributed by atoms with Gasteiger partial charge in [-0.05, 0) is 41.8 Å². The van der Waals surface area contributed by atoms with Gasteiger partial charge in [0, 0.05) is 10.6 Å². The molecule has 2 heterocycles. The van der Waals surface area contributed by atoms with E-state index in [1.54, 1.807) is 30.3 Å². The first kappa shape index (κ1) is 20.3. The van der Waals surface area contributed by atoms with Crippen molar-refractivity contribution in [1.29, 1.82) is 5.26 Å². The van der Waals surface area contributed by atoms with Gasteiger partial charge < -0.3 is 29.9 Å². The van der Waals surface area contributed by atoms with Crippen molar-refractivity contribution in [1.82, 2.24) is 0 Å². The van der Waals surface area contributed by atoms with Gasteiger partial charge in [0.15, 0.2) is 0 Å². The van der Waals surface area contributed by atoms with Gasteiger partial charge in [-0.15, -0.1) is 0 Å². The smallest absolute Gasteiger partial charge is 0.225 e. The van der Waals surface area contributed by atoms with Crippen molar-refractivity contribution < 1.29 is 29.9 Å². The summed E-state index contributed by atoms with van der Waals surface area (Å²) in [5.74, 6) is -1.73. The molecule has 7 nitrogen and oxygen atoms in total. The number of benzene rings is 2. The zero-order valence-electron chi connectivity index (χ0n) is 15.3. The third-order valence-corrected chi connectivity index (χ3v) is 6.02. The molecule has 2 aromatic carbocycles. The van der Waals surface area contributed by atoms with Crippen molar-refractivity contribution in [3.05, 3.63) is 69.7 Å². The lowest BCUT2D eigenvalue weighted by atomic mass is 9.83. The van der Waals surface area contributed by atoms with Gasteiger partial charge in [-0.3, -0.25) is 0 Å². The minimum Gasteiger partial charge on any atom is -0.393 e. The number of hydrogen-bond donors (Lipinski definition) is 4. The molecule has 2 aromatic rings. The molecule has 0 amide bonds. The van der Waals surface area contributed by atoms with E-state index >= 15 is 0 Å². The molecule has 0 aromatic heterocycles. The number of halogens is 1. The Bertz CT molecular complexity index is 961. The molecular formula is C21H20ClNO6. The highest BCUT2D eigenvalue weighted by Gasteiger charge is 2.67. The molecule has 29 heavy (non-hydrogen) atoms. The van der Waals surface area contributed by atoms with Gasteiger partial charge in [0.25, 0.3) is 0 Å². The van der Waals surface area contributed by atoms with Crippen LogP contribution in [0, 0.1) is 11.3 Å². The highest BCUT2D eigenvalue weighted by atomic mass is 35.5. The second-order valence-electron chi connectivity index (χ2n) is 7.45.